The number of aliphatic carboxylic acids is 1. The van der Waals surface area contributed by atoms with Gasteiger partial charge in [0, 0.05) is 41.2 Å². The third-order valence-electron chi connectivity index (χ3n) is 5.46. The second-order valence-electron chi connectivity index (χ2n) is 7.98. The number of halogens is 1. The summed E-state index contributed by atoms with van der Waals surface area (Å²) in [6.45, 7) is 0. The van der Waals surface area contributed by atoms with E-state index in [2.05, 4.69) is 0 Å². The van der Waals surface area contributed by atoms with E-state index < -0.39 is 24.6 Å². The lowest BCUT2D eigenvalue weighted by atomic mass is 9.92. The number of aliphatic hydroxyl groups is 2. The van der Waals surface area contributed by atoms with E-state index in [0.29, 0.717) is 5.92 Å². The van der Waals surface area contributed by atoms with Gasteiger partial charge in [-0.25, -0.2) is 4.39 Å². The van der Waals surface area contributed by atoms with Gasteiger partial charge in [-0.3, -0.25) is 4.98 Å². The van der Waals surface area contributed by atoms with Gasteiger partial charge in [0.25, 0.3) is 0 Å². The fourth-order valence-corrected chi connectivity index (χ4v) is 3.85. The molecule has 1 heterocycles. The first-order valence-electron chi connectivity index (χ1n) is 10.3. The number of aliphatic hydroxyl groups excluding tert-OH is 2. The molecule has 1 fully saturated rings. The van der Waals surface area contributed by atoms with Gasteiger partial charge in [-0.05, 0) is 36.6 Å². The standard InChI is InChI=1S/C25H24FNO4.CH4/c26-17-9-7-15(8-10-17)24-20-3-1-2-4-22(20)27-25(16-5-6-16)21(24)12-11-18(28)13-19(29)14-23(30)31;/h1-4,7-12,16,18-19,28-29H,5-6,13-14H2,(H,30,31);1H4/p-1/b12-11+;/t18-,19-;/m1./s1. The Bertz CT molecular complexity index is 1120. The van der Waals surface area contributed by atoms with Gasteiger partial charge >= 0.3 is 0 Å². The molecule has 1 aromatic heterocycles. The number of carbonyl (C=O) groups is 1. The molecule has 0 aliphatic heterocycles. The number of para-hydroxylation sites is 1. The lowest BCUT2D eigenvalue weighted by molar-refractivity contribution is -0.307. The predicted octanol–water partition coefficient (Wildman–Crippen LogP) is 3.82. The molecule has 4 rings (SSSR count). The molecule has 0 bridgehead atoms. The first-order valence-corrected chi connectivity index (χ1v) is 10.3. The van der Waals surface area contributed by atoms with Crippen molar-refractivity contribution in [3.05, 3.63) is 71.7 Å². The van der Waals surface area contributed by atoms with Crippen molar-refractivity contribution < 1.29 is 24.5 Å². The van der Waals surface area contributed by atoms with E-state index in [1.54, 1.807) is 24.3 Å². The molecule has 0 saturated heterocycles. The van der Waals surface area contributed by atoms with Crippen LogP contribution in [0.3, 0.4) is 0 Å². The Balaban J connectivity index is 0.00000289. The predicted molar refractivity (Wildman–Crippen MR) is 121 cm³/mol. The van der Waals surface area contributed by atoms with Gasteiger partial charge in [-0.1, -0.05) is 49.9 Å². The van der Waals surface area contributed by atoms with Crippen molar-refractivity contribution in [2.24, 2.45) is 0 Å². The minimum Gasteiger partial charge on any atom is -0.550 e. The maximum Gasteiger partial charge on any atom is 0.123 e. The van der Waals surface area contributed by atoms with Crippen molar-refractivity contribution in [3.8, 4) is 11.1 Å². The summed E-state index contributed by atoms with van der Waals surface area (Å²) in [5.41, 5.74) is 4.38. The largest absolute Gasteiger partial charge is 0.550 e. The van der Waals surface area contributed by atoms with Crippen LogP contribution in [0.15, 0.2) is 54.6 Å². The van der Waals surface area contributed by atoms with Crippen LogP contribution >= 0.6 is 0 Å². The van der Waals surface area contributed by atoms with Crippen LogP contribution in [-0.2, 0) is 4.79 Å². The average Bonchev–Trinajstić information content (AvgIpc) is 3.56. The van der Waals surface area contributed by atoms with Crippen LogP contribution in [0.4, 0.5) is 4.39 Å². The molecule has 2 N–H and O–H groups in total. The van der Waals surface area contributed by atoms with E-state index in [1.165, 1.54) is 12.1 Å². The molecular formula is C26H27FNO4-. The fraction of sp³-hybridized carbons (Fsp3) is 0.308. The molecule has 0 unspecified atom stereocenters. The van der Waals surface area contributed by atoms with Crippen molar-refractivity contribution in [2.45, 2.75) is 51.2 Å². The van der Waals surface area contributed by atoms with Crippen LogP contribution in [0.25, 0.3) is 28.1 Å². The second kappa shape index (κ2) is 10.0. The molecule has 32 heavy (non-hydrogen) atoms. The molecule has 1 aliphatic carbocycles. The number of carboxylic acid groups (broad SMARTS) is 1. The van der Waals surface area contributed by atoms with Crippen LogP contribution < -0.4 is 5.11 Å². The monoisotopic (exact) mass is 436 g/mol. The summed E-state index contributed by atoms with van der Waals surface area (Å²) in [4.78, 5) is 15.5. The minimum absolute atomic E-state index is 0. The highest BCUT2D eigenvalue weighted by molar-refractivity contribution is 5.99. The lowest BCUT2D eigenvalue weighted by Crippen LogP contribution is -2.29. The smallest absolute Gasteiger partial charge is 0.123 e. The Hall–Kier alpha value is -3.09. The first-order chi connectivity index (χ1) is 14.9. The number of benzene rings is 2. The highest BCUT2D eigenvalue weighted by Crippen LogP contribution is 2.45. The number of hydrogen-bond acceptors (Lipinski definition) is 5. The molecule has 0 radical (unpaired) electrons. The van der Waals surface area contributed by atoms with Gasteiger partial charge in [0.1, 0.15) is 5.82 Å². The van der Waals surface area contributed by atoms with E-state index in [0.717, 1.165) is 46.1 Å². The van der Waals surface area contributed by atoms with E-state index >= 15 is 0 Å². The zero-order chi connectivity index (χ0) is 22.0. The van der Waals surface area contributed by atoms with Crippen molar-refractivity contribution in [2.75, 3.05) is 0 Å². The van der Waals surface area contributed by atoms with Crippen molar-refractivity contribution >= 4 is 22.9 Å². The zero-order valence-corrected chi connectivity index (χ0v) is 16.9. The van der Waals surface area contributed by atoms with Crippen LogP contribution in [0.2, 0.25) is 0 Å². The maximum absolute atomic E-state index is 13.6. The summed E-state index contributed by atoms with van der Waals surface area (Å²) >= 11 is 0. The maximum atomic E-state index is 13.6. The van der Waals surface area contributed by atoms with Crippen molar-refractivity contribution in [1.29, 1.82) is 0 Å². The number of carboxylic acids is 1. The number of fused-ring (bicyclic) bond motifs is 1. The third-order valence-corrected chi connectivity index (χ3v) is 5.46. The van der Waals surface area contributed by atoms with Crippen LogP contribution in [0.1, 0.15) is 50.3 Å². The summed E-state index contributed by atoms with van der Waals surface area (Å²) in [5, 5.41) is 31.7. The zero-order valence-electron chi connectivity index (χ0n) is 16.9. The van der Waals surface area contributed by atoms with Crippen molar-refractivity contribution in [1.82, 2.24) is 4.98 Å². The molecule has 3 aromatic rings. The summed E-state index contributed by atoms with van der Waals surface area (Å²) < 4.78 is 13.6. The fourth-order valence-electron chi connectivity index (χ4n) is 3.85. The number of carbonyl (C=O) groups excluding carboxylic acids is 1. The first kappa shape index (κ1) is 23.6. The van der Waals surface area contributed by atoms with Gasteiger partial charge in [-0.2, -0.15) is 0 Å². The SMILES string of the molecule is C.O=C([O-])C[C@H](O)C[C@H](O)/C=C/c1c(C2CC2)nc2ccccc2c1-c1ccc(F)cc1. The van der Waals surface area contributed by atoms with Gasteiger partial charge in [0.15, 0.2) is 0 Å². The summed E-state index contributed by atoms with van der Waals surface area (Å²) in [5.74, 6) is -1.36. The Labute approximate surface area is 186 Å². The number of rotatable bonds is 8. The van der Waals surface area contributed by atoms with Gasteiger partial charge in [0.05, 0.1) is 23.4 Å². The summed E-state index contributed by atoms with van der Waals surface area (Å²) in [6, 6.07) is 14.1. The minimum atomic E-state index is -1.36. The van der Waals surface area contributed by atoms with E-state index in [1.807, 2.05) is 24.3 Å². The average molecular weight is 437 g/mol. The van der Waals surface area contributed by atoms with Crippen LogP contribution in [-0.4, -0.2) is 33.4 Å². The number of hydrogen-bond donors (Lipinski definition) is 2. The van der Waals surface area contributed by atoms with E-state index in [-0.39, 0.29) is 19.7 Å². The molecule has 168 valence electrons. The van der Waals surface area contributed by atoms with Gasteiger partial charge in [0.2, 0.25) is 0 Å². The highest BCUT2D eigenvalue weighted by Gasteiger charge is 2.29. The Morgan fingerprint density at radius 1 is 1.16 bits per heavy atom. The summed E-state index contributed by atoms with van der Waals surface area (Å²) in [6.07, 6.45) is 2.51. The molecule has 2 aromatic carbocycles. The van der Waals surface area contributed by atoms with E-state index in [4.69, 9.17) is 4.98 Å². The molecule has 1 saturated carbocycles. The number of aromatic nitrogens is 1. The topological polar surface area (TPSA) is 93.5 Å². The summed E-state index contributed by atoms with van der Waals surface area (Å²) in [7, 11) is 0. The molecule has 0 spiro atoms. The van der Waals surface area contributed by atoms with Gasteiger partial charge < -0.3 is 20.1 Å². The lowest BCUT2D eigenvalue weighted by Gasteiger charge is -2.17. The Morgan fingerprint density at radius 2 is 1.84 bits per heavy atom. The van der Waals surface area contributed by atoms with Crippen molar-refractivity contribution in [3.63, 3.8) is 0 Å². The third kappa shape index (κ3) is 5.39. The quantitative estimate of drug-likeness (QED) is 0.560. The second-order valence-corrected chi connectivity index (χ2v) is 7.98. The van der Waals surface area contributed by atoms with Crippen LogP contribution in [0.5, 0.6) is 0 Å². The number of nitrogens with zero attached hydrogens (tertiary/aromatic N) is 1. The molecule has 2 atom stereocenters. The molecule has 1 aliphatic rings. The van der Waals surface area contributed by atoms with E-state index in [9.17, 15) is 24.5 Å². The highest BCUT2D eigenvalue weighted by atomic mass is 19.1. The normalized spacial score (nSPS) is 15.5. The van der Waals surface area contributed by atoms with Crippen LogP contribution in [0, 0.1) is 5.82 Å². The molecule has 5 nitrogen and oxygen atoms in total. The van der Waals surface area contributed by atoms with Gasteiger partial charge in [-0.15, -0.1) is 0 Å². The molecular weight excluding hydrogens is 409 g/mol. The Morgan fingerprint density at radius 3 is 2.50 bits per heavy atom. The molecule has 6 heteroatoms. The number of pyridine rings is 1. The Kier molecular flexibility index (Phi) is 7.38. The molecule has 0 amide bonds.